The minimum absolute atomic E-state index is 0.0110. The number of benzene rings is 1. The number of nitrogens with one attached hydrogen (secondary N) is 1. The summed E-state index contributed by atoms with van der Waals surface area (Å²) in [6, 6.07) is 6.06. The fourth-order valence-corrected chi connectivity index (χ4v) is 4.92. The van der Waals surface area contributed by atoms with Crippen molar-refractivity contribution in [3.8, 4) is 0 Å². The number of rotatable bonds is 6. The molecule has 1 N–H and O–H groups in total. The molecule has 0 unspecified atom stereocenters. The third-order valence-electron chi connectivity index (χ3n) is 4.89. The van der Waals surface area contributed by atoms with Crippen LogP contribution in [0.3, 0.4) is 0 Å². The van der Waals surface area contributed by atoms with Gasteiger partial charge in [-0.05, 0) is 25.1 Å². The number of halogens is 3. The molecule has 0 bridgehead atoms. The molecule has 0 spiro atoms. The van der Waals surface area contributed by atoms with Gasteiger partial charge in [0.15, 0.2) is 10.2 Å². The van der Waals surface area contributed by atoms with Gasteiger partial charge in [0, 0.05) is 37.8 Å². The Hall–Kier alpha value is -3.13. The fraction of sp³-hybridized carbons (Fsp3) is 0.350. The predicted molar refractivity (Wildman–Crippen MR) is 120 cm³/mol. The first-order valence-corrected chi connectivity index (χ1v) is 11.9. The van der Waals surface area contributed by atoms with Crippen molar-refractivity contribution in [3.63, 3.8) is 0 Å². The first-order valence-electron chi connectivity index (χ1n) is 10.1. The normalized spacial score (nSPS) is 14.4. The number of aryl methyl sites for hydroxylation is 1. The highest BCUT2D eigenvalue weighted by Crippen LogP contribution is 2.31. The molecule has 1 aliphatic rings. The second-order valence-electron chi connectivity index (χ2n) is 7.37. The third kappa shape index (κ3) is 5.86. The lowest BCUT2D eigenvalue weighted by molar-refractivity contribution is -0.137. The summed E-state index contributed by atoms with van der Waals surface area (Å²) in [4.78, 5) is 28.2. The van der Waals surface area contributed by atoms with E-state index in [1.807, 2.05) is 4.90 Å². The zero-order chi connectivity index (χ0) is 24.3. The van der Waals surface area contributed by atoms with Crippen molar-refractivity contribution >= 4 is 45.9 Å². The van der Waals surface area contributed by atoms with E-state index in [-0.39, 0.29) is 17.2 Å². The molecule has 14 heteroatoms. The van der Waals surface area contributed by atoms with Crippen molar-refractivity contribution in [3.05, 3.63) is 47.2 Å². The van der Waals surface area contributed by atoms with Crippen LogP contribution < -0.4 is 10.2 Å². The lowest BCUT2D eigenvalue weighted by Gasteiger charge is -2.34. The Morgan fingerprint density at radius 3 is 2.62 bits per heavy atom. The molecule has 0 aliphatic carbocycles. The quantitative estimate of drug-likeness (QED) is 0.500. The van der Waals surface area contributed by atoms with Crippen LogP contribution in [0.2, 0.25) is 0 Å². The lowest BCUT2D eigenvalue weighted by atomic mass is 10.1. The van der Waals surface area contributed by atoms with Crippen LogP contribution >= 0.6 is 23.1 Å². The van der Waals surface area contributed by atoms with Gasteiger partial charge in [0.2, 0.25) is 11.0 Å². The number of amides is 2. The Labute approximate surface area is 200 Å². The summed E-state index contributed by atoms with van der Waals surface area (Å²) in [5.74, 6) is 0.371. The molecule has 1 aliphatic heterocycles. The number of thioether (sulfide) groups is 1. The molecule has 2 aromatic heterocycles. The molecule has 1 fully saturated rings. The number of alkyl halides is 3. The first-order chi connectivity index (χ1) is 16.2. The first kappa shape index (κ1) is 24.0. The van der Waals surface area contributed by atoms with Gasteiger partial charge in [0.1, 0.15) is 5.76 Å². The summed E-state index contributed by atoms with van der Waals surface area (Å²) >= 11 is 2.56. The maximum absolute atomic E-state index is 12.9. The predicted octanol–water partition coefficient (Wildman–Crippen LogP) is 3.55. The SMILES string of the molecule is Cc1cc(NC(=O)CSc2nnc(N3CCN(C(=O)c4cccc(C(F)(F)F)c4)CC3)s2)no1. The smallest absolute Gasteiger partial charge is 0.360 e. The van der Waals surface area contributed by atoms with Gasteiger partial charge in [-0.3, -0.25) is 9.59 Å². The number of piperazine rings is 1. The van der Waals surface area contributed by atoms with Crippen LogP contribution in [-0.2, 0) is 11.0 Å². The van der Waals surface area contributed by atoms with Gasteiger partial charge in [-0.15, -0.1) is 10.2 Å². The number of carbonyl (C=O) groups is 2. The van der Waals surface area contributed by atoms with Gasteiger partial charge in [0.05, 0.1) is 11.3 Å². The van der Waals surface area contributed by atoms with Gasteiger partial charge >= 0.3 is 6.18 Å². The molecule has 0 saturated carbocycles. The van der Waals surface area contributed by atoms with Gasteiger partial charge in [-0.2, -0.15) is 13.2 Å². The van der Waals surface area contributed by atoms with E-state index < -0.39 is 17.6 Å². The Kier molecular flexibility index (Phi) is 7.07. The van der Waals surface area contributed by atoms with E-state index in [4.69, 9.17) is 4.52 Å². The van der Waals surface area contributed by atoms with Crippen LogP contribution in [0, 0.1) is 6.92 Å². The molecule has 180 valence electrons. The standard InChI is InChI=1S/C20H19F3N6O3S2/c1-12-9-15(27-32-12)24-16(30)11-33-19-26-25-18(34-19)29-7-5-28(6-8-29)17(31)13-3-2-4-14(10-13)20(21,22)23/h2-4,9-10H,5-8,11H2,1H3,(H,24,27,30). The van der Waals surface area contributed by atoms with E-state index in [0.29, 0.717) is 47.2 Å². The molecule has 0 atom stereocenters. The van der Waals surface area contributed by atoms with Crippen LogP contribution in [0.15, 0.2) is 39.2 Å². The number of carbonyl (C=O) groups excluding carboxylic acids is 2. The fourth-order valence-electron chi connectivity index (χ4n) is 3.23. The molecule has 1 aromatic carbocycles. The third-order valence-corrected chi connectivity index (χ3v) is 7.01. The Balaban J connectivity index is 1.27. The number of aromatic nitrogens is 3. The molecule has 9 nitrogen and oxygen atoms in total. The highest BCUT2D eigenvalue weighted by atomic mass is 32.2. The van der Waals surface area contributed by atoms with Gasteiger partial charge in [0.25, 0.3) is 5.91 Å². The molecule has 3 aromatic rings. The van der Waals surface area contributed by atoms with Crippen molar-refractivity contribution in [2.75, 3.05) is 42.1 Å². The average molecular weight is 513 g/mol. The van der Waals surface area contributed by atoms with E-state index in [1.165, 1.54) is 40.1 Å². The molecule has 3 heterocycles. The Morgan fingerprint density at radius 1 is 1.18 bits per heavy atom. The van der Waals surface area contributed by atoms with Crippen LogP contribution in [0.1, 0.15) is 21.7 Å². The number of nitrogens with zero attached hydrogens (tertiary/aromatic N) is 5. The molecule has 34 heavy (non-hydrogen) atoms. The van der Waals surface area contributed by atoms with E-state index in [9.17, 15) is 22.8 Å². The van der Waals surface area contributed by atoms with Crippen LogP contribution in [0.5, 0.6) is 0 Å². The summed E-state index contributed by atoms with van der Waals surface area (Å²) in [5, 5.41) is 15.2. The van der Waals surface area contributed by atoms with Crippen molar-refractivity contribution in [2.24, 2.45) is 0 Å². The molecular formula is C20H19F3N6O3S2. The van der Waals surface area contributed by atoms with Crippen molar-refractivity contribution in [2.45, 2.75) is 17.4 Å². The monoisotopic (exact) mass is 512 g/mol. The topological polar surface area (TPSA) is 104 Å². The summed E-state index contributed by atoms with van der Waals surface area (Å²) in [6.07, 6.45) is -4.50. The second-order valence-corrected chi connectivity index (χ2v) is 9.55. The van der Waals surface area contributed by atoms with E-state index in [2.05, 4.69) is 20.7 Å². The van der Waals surface area contributed by atoms with Gasteiger partial charge in [-0.1, -0.05) is 34.3 Å². The number of anilines is 2. The summed E-state index contributed by atoms with van der Waals surface area (Å²) in [7, 11) is 0. The highest BCUT2D eigenvalue weighted by Gasteiger charge is 2.32. The van der Waals surface area contributed by atoms with Gasteiger partial charge < -0.3 is 19.6 Å². The Morgan fingerprint density at radius 2 is 1.94 bits per heavy atom. The van der Waals surface area contributed by atoms with Gasteiger partial charge in [-0.25, -0.2) is 0 Å². The van der Waals surface area contributed by atoms with E-state index >= 15 is 0 Å². The second kappa shape index (κ2) is 10.0. The number of hydrogen-bond donors (Lipinski definition) is 1. The minimum atomic E-state index is -4.50. The van der Waals surface area contributed by atoms with Crippen molar-refractivity contribution in [1.82, 2.24) is 20.3 Å². The lowest BCUT2D eigenvalue weighted by Crippen LogP contribution is -2.48. The molecular weight excluding hydrogens is 493 g/mol. The van der Waals surface area contributed by atoms with E-state index in [0.717, 1.165) is 12.1 Å². The maximum Gasteiger partial charge on any atom is 0.416 e. The molecule has 2 amide bonds. The summed E-state index contributed by atoms with van der Waals surface area (Å²) in [6.45, 7) is 3.35. The van der Waals surface area contributed by atoms with Crippen LogP contribution in [-0.4, -0.2) is 64.0 Å². The Bertz CT molecular complexity index is 1170. The molecule has 1 saturated heterocycles. The molecule has 0 radical (unpaired) electrons. The zero-order valence-electron chi connectivity index (χ0n) is 17.8. The summed E-state index contributed by atoms with van der Waals surface area (Å²) < 4.78 is 44.3. The number of hydrogen-bond acceptors (Lipinski definition) is 9. The highest BCUT2D eigenvalue weighted by molar-refractivity contribution is 8.01. The van der Waals surface area contributed by atoms with Crippen molar-refractivity contribution in [1.29, 1.82) is 0 Å². The zero-order valence-corrected chi connectivity index (χ0v) is 19.5. The summed E-state index contributed by atoms with van der Waals surface area (Å²) in [5.41, 5.74) is -0.836. The van der Waals surface area contributed by atoms with Crippen molar-refractivity contribution < 1.29 is 27.3 Å². The van der Waals surface area contributed by atoms with E-state index in [1.54, 1.807) is 13.0 Å². The molecule has 4 rings (SSSR count). The van der Waals surface area contributed by atoms with Crippen LogP contribution in [0.25, 0.3) is 0 Å². The average Bonchev–Trinajstić information content (AvgIpc) is 3.46. The largest absolute Gasteiger partial charge is 0.416 e. The minimum Gasteiger partial charge on any atom is -0.360 e. The van der Waals surface area contributed by atoms with Crippen LogP contribution in [0.4, 0.5) is 24.1 Å². The maximum atomic E-state index is 12.9.